The third-order valence-electron chi connectivity index (χ3n) is 4.03. The van der Waals surface area contributed by atoms with Gasteiger partial charge in [-0.05, 0) is 38.1 Å². The third kappa shape index (κ3) is 3.90. The van der Waals surface area contributed by atoms with E-state index in [1.54, 1.807) is 6.07 Å². The fourth-order valence-electron chi connectivity index (χ4n) is 2.71. The van der Waals surface area contributed by atoms with E-state index in [9.17, 15) is 0 Å². The van der Waals surface area contributed by atoms with Crippen molar-refractivity contribution < 1.29 is 0 Å². The number of benzene rings is 2. The van der Waals surface area contributed by atoms with E-state index in [1.807, 2.05) is 68.4 Å². The molecule has 2 heterocycles. The number of hydrogen-bond acceptors (Lipinski definition) is 7. The maximum atomic E-state index is 6.07. The second kappa shape index (κ2) is 7.36. The zero-order valence-electron chi connectivity index (χ0n) is 15.6. The number of aromatic nitrogens is 5. The van der Waals surface area contributed by atoms with Crippen LogP contribution in [0.4, 0.5) is 29.1 Å². The summed E-state index contributed by atoms with van der Waals surface area (Å²) >= 11 is 0. The van der Waals surface area contributed by atoms with Crippen LogP contribution in [0.1, 0.15) is 11.4 Å². The molecule has 0 saturated carbocycles. The van der Waals surface area contributed by atoms with Crippen LogP contribution in [0.15, 0.2) is 60.7 Å². The lowest BCUT2D eigenvalue weighted by Gasteiger charge is -2.09. The van der Waals surface area contributed by atoms with Gasteiger partial charge in [-0.1, -0.05) is 35.9 Å². The van der Waals surface area contributed by atoms with Gasteiger partial charge < -0.3 is 16.4 Å². The molecule has 8 nitrogen and oxygen atoms in total. The monoisotopic (exact) mass is 372 g/mol. The smallest absolute Gasteiger partial charge is 0.248 e. The second-order valence-electron chi connectivity index (χ2n) is 6.35. The quantitative estimate of drug-likeness (QED) is 0.490. The van der Waals surface area contributed by atoms with Gasteiger partial charge in [0, 0.05) is 17.4 Å². The van der Waals surface area contributed by atoms with Crippen molar-refractivity contribution in [2.45, 2.75) is 13.8 Å². The maximum absolute atomic E-state index is 6.07. The Morgan fingerprint density at radius 1 is 0.821 bits per heavy atom. The number of aryl methyl sites for hydroxylation is 2. The van der Waals surface area contributed by atoms with Crippen molar-refractivity contribution in [3.05, 3.63) is 72.1 Å². The Labute approximate surface area is 162 Å². The summed E-state index contributed by atoms with van der Waals surface area (Å²) in [6.07, 6.45) is 0. The van der Waals surface area contributed by atoms with Crippen molar-refractivity contribution in [2.75, 3.05) is 16.4 Å². The second-order valence-corrected chi connectivity index (χ2v) is 6.35. The van der Waals surface area contributed by atoms with Crippen LogP contribution >= 0.6 is 0 Å². The number of anilines is 5. The molecule has 0 atom stereocenters. The Kier molecular flexibility index (Phi) is 4.59. The highest BCUT2D eigenvalue weighted by Crippen LogP contribution is 2.20. The number of hydrogen-bond donors (Lipinski definition) is 3. The molecular weight excluding hydrogens is 352 g/mol. The van der Waals surface area contributed by atoms with E-state index in [2.05, 4.69) is 30.7 Å². The molecule has 2 aromatic carbocycles. The normalized spacial score (nSPS) is 10.6. The Bertz CT molecular complexity index is 1090. The highest BCUT2D eigenvalue weighted by atomic mass is 15.4. The van der Waals surface area contributed by atoms with Gasteiger partial charge in [-0.15, -0.1) is 5.10 Å². The number of nitrogens with two attached hydrogens (primary N) is 1. The highest BCUT2D eigenvalue weighted by Gasteiger charge is 2.12. The van der Waals surface area contributed by atoms with Gasteiger partial charge in [-0.25, -0.2) is 9.97 Å². The molecular formula is C20H20N8. The lowest BCUT2D eigenvalue weighted by molar-refractivity contribution is 0.841. The fraction of sp³-hybridized carbons (Fsp3) is 0.100. The number of rotatable bonds is 5. The average Bonchev–Trinajstić information content (AvgIpc) is 3.04. The highest BCUT2D eigenvalue weighted by molar-refractivity contribution is 5.58. The topological polar surface area (TPSA) is 107 Å². The Balaban J connectivity index is 1.61. The molecule has 4 aromatic rings. The molecule has 0 amide bonds. The summed E-state index contributed by atoms with van der Waals surface area (Å²) in [6.45, 7) is 3.85. The van der Waals surface area contributed by atoms with Crippen LogP contribution in [0.25, 0.3) is 5.82 Å². The lowest BCUT2D eigenvalue weighted by atomic mass is 10.2. The van der Waals surface area contributed by atoms with Gasteiger partial charge in [0.2, 0.25) is 11.9 Å². The van der Waals surface area contributed by atoms with Gasteiger partial charge in [0.25, 0.3) is 0 Å². The van der Waals surface area contributed by atoms with Crippen LogP contribution < -0.4 is 16.4 Å². The molecule has 0 spiro atoms. The summed E-state index contributed by atoms with van der Waals surface area (Å²) in [4.78, 5) is 13.2. The van der Waals surface area contributed by atoms with Crippen molar-refractivity contribution in [3.8, 4) is 5.82 Å². The Hall–Kier alpha value is -3.94. The van der Waals surface area contributed by atoms with E-state index in [-0.39, 0.29) is 5.95 Å². The van der Waals surface area contributed by atoms with E-state index in [1.165, 1.54) is 10.2 Å². The number of nitrogen functional groups attached to an aromatic ring is 1. The first-order chi connectivity index (χ1) is 13.6. The molecule has 140 valence electrons. The minimum Gasteiger partial charge on any atom is -0.368 e. The molecule has 4 rings (SSSR count). The summed E-state index contributed by atoms with van der Waals surface area (Å²) in [5.41, 5.74) is 9.06. The van der Waals surface area contributed by atoms with Crippen molar-refractivity contribution >= 4 is 29.1 Å². The summed E-state index contributed by atoms with van der Waals surface area (Å²) in [5.74, 6) is 2.41. The maximum Gasteiger partial charge on any atom is 0.248 e. The molecule has 8 heteroatoms. The molecule has 0 fully saturated rings. The molecule has 28 heavy (non-hydrogen) atoms. The van der Waals surface area contributed by atoms with Gasteiger partial charge in [0.1, 0.15) is 11.6 Å². The van der Waals surface area contributed by atoms with Gasteiger partial charge in [0.05, 0.1) is 0 Å². The third-order valence-corrected chi connectivity index (χ3v) is 4.03. The summed E-state index contributed by atoms with van der Waals surface area (Å²) in [6, 6.07) is 19.5. The predicted molar refractivity (Wildman–Crippen MR) is 110 cm³/mol. The van der Waals surface area contributed by atoms with Crippen molar-refractivity contribution in [2.24, 2.45) is 0 Å². The van der Waals surface area contributed by atoms with Gasteiger partial charge >= 0.3 is 0 Å². The first-order valence-electron chi connectivity index (χ1n) is 8.81. The first kappa shape index (κ1) is 17.5. The summed E-state index contributed by atoms with van der Waals surface area (Å²) in [5, 5.41) is 10.8. The van der Waals surface area contributed by atoms with Gasteiger partial charge in [-0.2, -0.15) is 9.67 Å². The molecule has 0 unspecified atom stereocenters. The number of nitrogens with one attached hydrogen (secondary N) is 2. The molecule has 0 radical (unpaired) electrons. The fourth-order valence-corrected chi connectivity index (χ4v) is 2.71. The number of para-hydroxylation sites is 1. The Morgan fingerprint density at radius 3 is 2.29 bits per heavy atom. The summed E-state index contributed by atoms with van der Waals surface area (Å²) < 4.78 is 1.49. The van der Waals surface area contributed by atoms with E-state index >= 15 is 0 Å². The average molecular weight is 372 g/mol. The standard InChI is InChI=1S/C20H20N8/c1-13-8-10-16(11-9-13)25-20-26-19(21)28(27-20)18-12-17(22-14(2)23-18)24-15-6-4-3-5-7-15/h3-12H,1-2H3,(H,22,23,24)(H3,21,25,26,27). The number of nitrogens with zero attached hydrogens (tertiary/aromatic N) is 5. The van der Waals surface area contributed by atoms with Crippen molar-refractivity contribution in [1.82, 2.24) is 24.7 Å². The van der Waals surface area contributed by atoms with Gasteiger partial charge in [0.15, 0.2) is 5.82 Å². The largest absolute Gasteiger partial charge is 0.368 e. The van der Waals surface area contributed by atoms with E-state index in [0.717, 1.165) is 11.4 Å². The molecule has 0 aliphatic rings. The van der Waals surface area contributed by atoms with Crippen LogP contribution in [0.5, 0.6) is 0 Å². The van der Waals surface area contributed by atoms with Gasteiger partial charge in [-0.3, -0.25) is 0 Å². The summed E-state index contributed by atoms with van der Waals surface area (Å²) in [7, 11) is 0. The van der Waals surface area contributed by atoms with Crippen LogP contribution in [-0.2, 0) is 0 Å². The zero-order chi connectivity index (χ0) is 19.5. The molecule has 2 aromatic heterocycles. The van der Waals surface area contributed by atoms with Crippen molar-refractivity contribution in [3.63, 3.8) is 0 Å². The zero-order valence-corrected chi connectivity index (χ0v) is 15.6. The first-order valence-corrected chi connectivity index (χ1v) is 8.81. The van der Waals surface area contributed by atoms with Crippen LogP contribution in [-0.4, -0.2) is 24.7 Å². The molecule has 0 bridgehead atoms. The minimum atomic E-state index is 0.235. The van der Waals surface area contributed by atoms with Crippen LogP contribution in [0, 0.1) is 13.8 Å². The molecule has 4 N–H and O–H groups in total. The SMILES string of the molecule is Cc1ccc(Nc2nc(N)n(-c3cc(Nc4ccccc4)nc(C)n3)n2)cc1. The van der Waals surface area contributed by atoms with E-state index in [4.69, 9.17) is 5.73 Å². The predicted octanol–water partition coefficient (Wildman–Crippen LogP) is 3.74. The molecule has 0 aliphatic heterocycles. The molecule has 0 saturated heterocycles. The van der Waals surface area contributed by atoms with E-state index in [0.29, 0.717) is 23.4 Å². The van der Waals surface area contributed by atoms with Crippen LogP contribution in [0.3, 0.4) is 0 Å². The minimum absolute atomic E-state index is 0.235. The van der Waals surface area contributed by atoms with E-state index < -0.39 is 0 Å². The lowest BCUT2D eigenvalue weighted by Crippen LogP contribution is -2.08. The Morgan fingerprint density at radius 2 is 1.54 bits per heavy atom. The van der Waals surface area contributed by atoms with Crippen LogP contribution in [0.2, 0.25) is 0 Å². The molecule has 0 aliphatic carbocycles. The van der Waals surface area contributed by atoms with Crippen molar-refractivity contribution in [1.29, 1.82) is 0 Å².